The van der Waals surface area contributed by atoms with Gasteiger partial charge in [-0.3, -0.25) is 0 Å². The highest BCUT2D eigenvalue weighted by Crippen LogP contribution is 2.51. The maximum Gasteiger partial charge on any atom is 0.0544 e. The second-order valence-corrected chi connectivity index (χ2v) is 12.8. The molecular weight excluding hydrogens is 515 g/mol. The highest BCUT2D eigenvalue weighted by molar-refractivity contribution is 7.26. The molecule has 8 aromatic rings. The number of para-hydroxylation sites is 1. The van der Waals surface area contributed by atoms with E-state index in [2.05, 4.69) is 146 Å². The zero-order chi connectivity index (χ0) is 27.3. The standard InChI is InChI=1S/C39H27NS/c1-39(2)33-15-6-3-10-27(33)31-22-32-28-11-4-7-16-35(28)40(36(32)23-34(31)39)25-20-18-24(19-21-25)26-13-9-14-30-29-12-5-8-17-37(29)41-38(26)30/h3-23H,1-2H3. The number of fused-ring (bicyclic) bond motifs is 9. The second kappa shape index (κ2) is 8.19. The van der Waals surface area contributed by atoms with Gasteiger partial charge in [-0.1, -0.05) is 105 Å². The molecule has 1 nitrogen and oxygen atoms in total. The molecule has 0 amide bonds. The van der Waals surface area contributed by atoms with Gasteiger partial charge in [0.1, 0.15) is 0 Å². The topological polar surface area (TPSA) is 4.93 Å². The maximum atomic E-state index is 2.45. The second-order valence-electron chi connectivity index (χ2n) is 11.8. The van der Waals surface area contributed by atoms with Crippen molar-refractivity contribution in [2.24, 2.45) is 0 Å². The van der Waals surface area contributed by atoms with Crippen LogP contribution in [0, 0.1) is 0 Å². The summed E-state index contributed by atoms with van der Waals surface area (Å²) in [6.45, 7) is 4.72. The van der Waals surface area contributed by atoms with E-state index in [1.807, 2.05) is 11.3 Å². The molecule has 0 unspecified atom stereocenters. The summed E-state index contributed by atoms with van der Waals surface area (Å²) >= 11 is 1.89. The summed E-state index contributed by atoms with van der Waals surface area (Å²) in [5.41, 5.74) is 11.8. The molecule has 194 valence electrons. The van der Waals surface area contributed by atoms with E-state index in [9.17, 15) is 0 Å². The molecule has 0 aliphatic heterocycles. The van der Waals surface area contributed by atoms with Crippen molar-refractivity contribution in [3.63, 3.8) is 0 Å². The lowest BCUT2D eigenvalue weighted by Gasteiger charge is -2.21. The van der Waals surface area contributed by atoms with Gasteiger partial charge < -0.3 is 4.57 Å². The fraction of sp³-hybridized carbons (Fsp3) is 0.0769. The first-order valence-electron chi connectivity index (χ1n) is 14.3. The molecule has 0 atom stereocenters. The Labute approximate surface area is 242 Å². The van der Waals surface area contributed by atoms with Crippen LogP contribution >= 0.6 is 11.3 Å². The van der Waals surface area contributed by atoms with Crippen molar-refractivity contribution in [1.29, 1.82) is 0 Å². The number of benzene rings is 6. The van der Waals surface area contributed by atoms with Crippen LogP contribution in [0.2, 0.25) is 0 Å². The lowest BCUT2D eigenvalue weighted by atomic mass is 9.82. The average molecular weight is 542 g/mol. The summed E-state index contributed by atoms with van der Waals surface area (Å²) in [6, 6.07) is 47.2. The van der Waals surface area contributed by atoms with Gasteiger partial charge in [0, 0.05) is 42.0 Å². The Morgan fingerprint density at radius 1 is 0.512 bits per heavy atom. The number of thiophene rings is 1. The summed E-state index contributed by atoms with van der Waals surface area (Å²) in [6.07, 6.45) is 0. The van der Waals surface area contributed by atoms with Crippen LogP contribution in [0.5, 0.6) is 0 Å². The van der Waals surface area contributed by atoms with Gasteiger partial charge in [0.2, 0.25) is 0 Å². The SMILES string of the molecule is CC1(C)c2ccccc2-c2cc3c4ccccc4n(-c4ccc(-c5cccc6c5sc5ccccc56)cc4)c3cc21. The molecule has 2 heterocycles. The molecule has 41 heavy (non-hydrogen) atoms. The van der Waals surface area contributed by atoms with Gasteiger partial charge in [-0.05, 0) is 69.8 Å². The molecule has 0 bridgehead atoms. The minimum absolute atomic E-state index is 0.0335. The highest BCUT2D eigenvalue weighted by Gasteiger charge is 2.36. The van der Waals surface area contributed by atoms with Gasteiger partial charge in [-0.15, -0.1) is 11.3 Å². The van der Waals surface area contributed by atoms with E-state index >= 15 is 0 Å². The quantitative estimate of drug-likeness (QED) is 0.205. The Morgan fingerprint density at radius 3 is 2.10 bits per heavy atom. The largest absolute Gasteiger partial charge is 0.309 e. The van der Waals surface area contributed by atoms with Crippen molar-refractivity contribution in [3.05, 3.63) is 139 Å². The van der Waals surface area contributed by atoms with Gasteiger partial charge in [-0.25, -0.2) is 0 Å². The molecule has 6 aromatic carbocycles. The van der Waals surface area contributed by atoms with Gasteiger partial charge in [0.25, 0.3) is 0 Å². The van der Waals surface area contributed by atoms with Gasteiger partial charge >= 0.3 is 0 Å². The van der Waals surface area contributed by atoms with Gasteiger partial charge in [0.15, 0.2) is 0 Å². The molecule has 1 aliphatic rings. The number of hydrogen-bond donors (Lipinski definition) is 0. The van der Waals surface area contributed by atoms with Crippen LogP contribution in [0.4, 0.5) is 0 Å². The first-order chi connectivity index (χ1) is 20.1. The lowest BCUT2D eigenvalue weighted by molar-refractivity contribution is 0.661. The van der Waals surface area contributed by atoms with Crippen molar-refractivity contribution < 1.29 is 0 Å². The summed E-state index contributed by atoms with van der Waals surface area (Å²) < 4.78 is 5.15. The minimum atomic E-state index is -0.0335. The van der Waals surface area contributed by atoms with Crippen molar-refractivity contribution in [3.8, 4) is 27.9 Å². The molecular formula is C39H27NS. The third-order valence-electron chi connectivity index (χ3n) is 9.22. The molecule has 0 radical (unpaired) electrons. The number of aromatic nitrogens is 1. The first kappa shape index (κ1) is 23.1. The Morgan fingerprint density at radius 2 is 1.22 bits per heavy atom. The van der Waals surface area contributed by atoms with Crippen LogP contribution in [0.15, 0.2) is 127 Å². The Hall–Kier alpha value is -4.66. The third kappa shape index (κ3) is 3.11. The number of rotatable bonds is 2. The van der Waals surface area contributed by atoms with E-state index in [1.165, 1.54) is 81.0 Å². The van der Waals surface area contributed by atoms with Crippen molar-refractivity contribution >= 4 is 53.3 Å². The predicted octanol–water partition coefficient (Wildman–Crippen LogP) is 11.1. The highest BCUT2D eigenvalue weighted by atomic mass is 32.1. The molecule has 9 rings (SSSR count). The summed E-state index contributed by atoms with van der Waals surface area (Å²) in [5, 5.41) is 5.29. The third-order valence-corrected chi connectivity index (χ3v) is 10.4. The summed E-state index contributed by atoms with van der Waals surface area (Å²) in [7, 11) is 0. The van der Waals surface area contributed by atoms with E-state index < -0.39 is 0 Å². The number of nitrogens with zero attached hydrogens (tertiary/aromatic N) is 1. The lowest BCUT2D eigenvalue weighted by Crippen LogP contribution is -2.14. The Kier molecular flexibility index (Phi) is 4.61. The van der Waals surface area contributed by atoms with E-state index in [1.54, 1.807) is 0 Å². The fourth-order valence-corrected chi connectivity index (χ4v) is 8.44. The molecule has 0 N–H and O–H groups in total. The zero-order valence-corrected chi connectivity index (χ0v) is 23.8. The smallest absolute Gasteiger partial charge is 0.0544 e. The van der Waals surface area contributed by atoms with Crippen LogP contribution in [-0.4, -0.2) is 4.57 Å². The molecule has 1 aliphatic carbocycles. The Balaban J connectivity index is 1.25. The fourth-order valence-electron chi connectivity index (χ4n) is 7.21. The van der Waals surface area contributed by atoms with E-state index in [-0.39, 0.29) is 5.41 Å². The first-order valence-corrected chi connectivity index (χ1v) is 15.1. The van der Waals surface area contributed by atoms with E-state index in [4.69, 9.17) is 0 Å². The van der Waals surface area contributed by atoms with E-state index in [0.29, 0.717) is 0 Å². The van der Waals surface area contributed by atoms with Crippen LogP contribution in [0.25, 0.3) is 69.9 Å². The van der Waals surface area contributed by atoms with Crippen LogP contribution in [0.3, 0.4) is 0 Å². The van der Waals surface area contributed by atoms with Crippen molar-refractivity contribution in [1.82, 2.24) is 4.57 Å². The number of hydrogen-bond acceptors (Lipinski definition) is 1. The molecule has 2 aromatic heterocycles. The molecule has 0 spiro atoms. The average Bonchev–Trinajstić information content (AvgIpc) is 3.63. The van der Waals surface area contributed by atoms with Gasteiger partial charge in [-0.2, -0.15) is 0 Å². The summed E-state index contributed by atoms with van der Waals surface area (Å²) in [4.78, 5) is 0. The monoisotopic (exact) mass is 541 g/mol. The van der Waals surface area contributed by atoms with Crippen LogP contribution in [0.1, 0.15) is 25.0 Å². The Bertz CT molecular complexity index is 2330. The van der Waals surface area contributed by atoms with Crippen LogP contribution in [-0.2, 0) is 5.41 Å². The van der Waals surface area contributed by atoms with Crippen molar-refractivity contribution in [2.45, 2.75) is 19.3 Å². The normalized spacial score (nSPS) is 13.8. The zero-order valence-electron chi connectivity index (χ0n) is 23.0. The van der Waals surface area contributed by atoms with Crippen molar-refractivity contribution in [2.75, 3.05) is 0 Å². The predicted molar refractivity (Wildman–Crippen MR) is 177 cm³/mol. The molecule has 2 heteroatoms. The molecule has 0 saturated heterocycles. The molecule has 0 fully saturated rings. The summed E-state index contributed by atoms with van der Waals surface area (Å²) in [5.74, 6) is 0. The molecule has 0 saturated carbocycles. The minimum Gasteiger partial charge on any atom is -0.309 e. The van der Waals surface area contributed by atoms with E-state index in [0.717, 1.165) is 0 Å². The van der Waals surface area contributed by atoms with Gasteiger partial charge in [0.05, 0.1) is 11.0 Å². The maximum absolute atomic E-state index is 2.45. The van der Waals surface area contributed by atoms with Crippen LogP contribution < -0.4 is 0 Å².